The molecule has 0 N–H and O–H groups in total. The lowest BCUT2D eigenvalue weighted by atomic mass is 10.2. The summed E-state index contributed by atoms with van der Waals surface area (Å²) in [5.41, 5.74) is 8.46. The van der Waals surface area contributed by atoms with Crippen LogP contribution < -0.4 is 0 Å². The number of nitrogens with zero attached hydrogens (tertiary/aromatic N) is 4. The topological polar surface area (TPSA) is 74.8 Å². The number of aromatic nitrogens is 1. The van der Waals surface area contributed by atoms with Gasteiger partial charge in [0.1, 0.15) is 12.4 Å². The van der Waals surface area contributed by atoms with Gasteiger partial charge in [-0.25, -0.2) is 9.37 Å². The maximum Gasteiger partial charge on any atom is 0.200 e. The minimum atomic E-state index is -0.381. The van der Waals surface area contributed by atoms with Gasteiger partial charge in [-0.1, -0.05) is 17.2 Å². The molecule has 6 heteroatoms. The van der Waals surface area contributed by atoms with Gasteiger partial charge in [-0.15, -0.1) is 0 Å². The lowest BCUT2D eigenvalue weighted by molar-refractivity contribution is 0.505. The predicted octanol–water partition coefficient (Wildman–Crippen LogP) is 3.29. The van der Waals surface area contributed by atoms with Crippen molar-refractivity contribution in [2.24, 2.45) is 5.11 Å². The maximum atomic E-state index is 13.4. The Balaban J connectivity index is 2.31. The van der Waals surface area contributed by atoms with Crippen molar-refractivity contribution in [3.05, 3.63) is 52.6 Å². The van der Waals surface area contributed by atoms with Crippen LogP contribution in [0.4, 0.5) is 4.39 Å². The van der Waals surface area contributed by atoms with E-state index in [-0.39, 0.29) is 18.3 Å². The Kier molecular flexibility index (Phi) is 2.84. The fraction of sp³-hybridized carbons (Fsp3) is 0.100. The third-order valence-electron chi connectivity index (χ3n) is 1.96. The molecule has 0 aliphatic carbocycles. The minimum absolute atomic E-state index is 0.0188. The average molecular weight is 218 g/mol. The van der Waals surface area contributed by atoms with Gasteiger partial charge < -0.3 is 4.42 Å². The Hall–Kier alpha value is -2.33. The quantitative estimate of drug-likeness (QED) is 0.450. The van der Waals surface area contributed by atoms with Crippen LogP contribution in [-0.4, -0.2) is 4.98 Å². The molecule has 1 heterocycles. The van der Waals surface area contributed by atoms with E-state index in [0.29, 0.717) is 11.3 Å². The van der Waals surface area contributed by atoms with Gasteiger partial charge in [0.15, 0.2) is 5.76 Å². The van der Waals surface area contributed by atoms with Gasteiger partial charge in [-0.2, -0.15) is 0 Å². The van der Waals surface area contributed by atoms with E-state index in [9.17, 15) is 4.39 Å². The first-order valence-electron chi connectivity index (χ1n) is 4.51. The Morgan fingerprint density at radius 2 is 2.25 bits per heavy atom. The van der Waals surface area contributed by atoms with Crippen LogP contribution in [0.3, 0.4) is 0 Å². The smallest absolute Gasteiger partial charge is 0.200 e. The van der Waals surface area contributed by atoms with Gasteiger partial charge in [0.2, 0.25) is 5.89 Å². The second-order valence-corrected chi connectivity index (χ2v) is 2.99. The Labute approximate surface area is 90.2 Å². The maximum absolute atomic E-state index is 13.4. The monoisotopic (exact) mass is 218 g/mol. The number of hydrogen-bond acceptors (Lipinski definition) is 3. The van der Waals surface area contributed by atoms with Crippen molar-refractivity contribution in [3.63, 3.8) is 0 Å². The number of benzene rings is 1. The summed E-state index contributed by atoms with van der Waals surface area (Å²) < 4.78 is 18.6. The molecule has 0 saturated heterocycles. The molecule has 2 rings (SSSR count). The number of hydrogen-bond donors (Lipinski definition) is 0. The third-order valence-corrected chi connectivity index (χ3v) is 1.96. The zero-order valence-electron chi connectivity index (χ0n) is 8.17. The molecule has 0 aliphatic rings. The lowest BCUT2D eigenvalue weighted by Gasteiger charge is -1.96. The second kappa shape index (κ2) is 4.46. The Morgan fingerprint density at radius 1 is 1.44 bits per heavy atom. The molecule has 0 radical (unpaired) electrons. The number of rotatable bonds is 3. The van der Waals surface area contributed by atoms with Crippen LogP contribution in [0.1, 0.15) is 5.89 Å². The number of oxazole rings is 1. The van der Waals surface area contributed by atoms with Crippen LogP contribution in [-0.2, 0) is 6.54 Å². The summed E-state index contributed by atoms with van der Waals surface area (Å²) in [5, 5.41) is 3.30. The number of halogens is 1. The number of azide groups is 1. The molecule has 1 aromatic carbocycles. The molecule has 0 atom stereocenters. The van der Waals surface area contributed by atoms with E-state index < -0.39 is 0 Å². The van der Waals surface area contributed by atoms with Crippen LogP contribution in [0.15, 0.2) is 40.0 Å². The van der Waals surface area contributed by atoms with Crippen molar-refractivity contribution in [3.8, 4) is 11.3 Å². The van der Waals surface area contributed by atoms with Gasteiger partial charge in [-0.05, 0) is 17.7 Å². The lowest BCUT2D eigenvalue weighted by Crippen LogP contribution is -1.80. The SMILES string of the molecule is [N-]=[N+]=NCc1ncc(-c2ccccc2F)o1. The minimum Gasteiger partial charge on any atom is -0.440 e. The Bertz CT molecular complexity index is 545. The van der Waals surface area contributed by atoms with Crippen molar-refractivity contribution in [2.45, 2.75) is 6.54 Å². The molecule has 0 saturated carbocycles. The predicted molar refractivity (Wildman–Crippen MR) is 54.7 cm³/mol. The fourth-order valence-electron chi connectivity index (χ4n) is 1.26. The first-order chi connectivity index (χ1) is 7.81. The van der Waals surface area contributed by atoms with Crippen molar-refractivity contribution in [1.82, 2.24) is 4.98 Å². The van der Waals surface area contributed by atoms with Crippen LogP contribution in [0.2, 0.25) is 0 Å². The molecule has 1 aromatic heterocycles. The van der Waals surface area contributed by atoms with Crippen LogP contribution in [0.5, 0.6) is 0 Å². The van der Waals surface area contributed by atoms with E-state index in [1.54, 1.807) is 18.2 Å². The van der Waals surface area contributed by atoms with Gasteiger partial charge in [0.25, 0.3) is 0 Å². The average Bonchev–Trinajstić information content (AvgIpc) is 2.75. The summed E-state index contributed by atoms with van der Waals surface area (Å²) in [6.07, 6.45) is 1.40. The van der Waals surface area contributed by atoms with Crippen LogP contribution in [0, 0.1) is 5.82 Å². The molecule has 0 bridgehead atoms. The summed E-state index contributed by atoms with van der Waals surface area (Å²) in [5.74, 6) is 0.200. The zero-order valence-corrected chi connectivity index (χ0v) is 8.17. The molecule has 80 valence electrons. The molecule has 2 aromatic rings. The zero-order chi connectivity index (χ0) is 11.4. The molecule has 5 nitrogen and oxygen atoms in total. The summed E-state index contributed by atoms with van der Waals surface area (Å²) in [6, 6.07) is 6.22. The molecular formula is C10H7FN4O. The van der Waals surface area contributed by atoms with Gasteiger partial charge in [-0.3, -0.25) is 0 Å². The Morgan fingerprint density at radius 3 is 3.00 bits per heavy atom. The van der Waals surface area contributed by atoms with Crippen molar-refractivity contribution in [2.75, 3.05) is 0 Å². The summed E-state index contributed by atoms with van der Waals surface area (Å²) in [4.78, 5) is 6.45. The molecule has 0 fully saturated rings. The normalized spacial score (nSPS) is 9.81. The molecular weight excluding hydrogens is 211 g/mol. The van der Waals surface area contributed by atoms with Crippen molar-refractivity contribution in [1.29, 1.82) is 0 Å². The first-order valence-corrected chi connectivity index (χ1v) is 4.51. The van der Waals surface area contributed by atoms with Crippen LogP contribution >= 0.6 is 0 Å². The second-order valence-electron chi connectivity index (χ2n) is 2.99. The van der Waals surface area contributed by atoms with Crippen molar-refractivity contribution < 1.29 is 8.81 Å². The van der Waals surface area contributed by atoms with Gasteiger partial charge >= 0.3 is 0 Å². The van der Waals surface area contributed by atoms with E-state index in [1.807, 2.05) is 0 Å². The summed E-state index contributed by atoms with van der Waals surface area (Å²) in [6.45, 7) is 0.0188. The summed E-state index contributed by atoms with van der Waals surface area (Å²) in [7, 11) is 0. The van der Waals surface area contributed by atoms with E-state index >= 15 is 0 Å². The molecule has 0 spiro atoms. The molecule has 16 heavy (non-hydrogen) atoms. The van der Waals surface area contributed by atoms with Crippen LogP contribution in [0.25, 0.3) is 21.8 Å². The van der Waals surface area contributed by atoms with E-state index in [2.05, 4.69) is 15.0 Å². The fourth-order valence-corrected chi connectivity index (χ4v) is 1.26. The van der Waals surface area contributed by atoms with Gasteiger partial charge in [0.05, 0.1) is 11.8 Å². The van der Waals surface area contributed by atoms with E-state index in [1.165, 1.54) is 12.3 Å². The van der Waals surface area contributed by atoms with Crippen molar-refractivity contribution >= 4 is 0 Å². The highest BCUT2D eigenvalue weighted by atomic mass is 19.1. The first kappa shape index (κ1) is 10.2. The third kappa shape index (κ3) is 2.02. The van der Waals surface area contributed by atoms with E-state index in [4.69, 9.17) is 9.95 Å². The van der Waals surface area contributed by atoms with Gasteiger partial charge in [0, 0.05) is 4.91 Å². The standard InChI is InChI=1S/C10H7FN4O/c11-8-4-2-1-3-7(8)9-5-13-10(16-9)6-14-15-12/h1-5H,6H2. The molecule has 0 unspecified atom stereocenters. The van der Waals surface area contributed by atoms with E-state index in [0.717, 1.165) is 0 Å². The molecule has 0 aliphatic heterocycles. The highest BCUT2D eigenvalue weighted by molar-refractivity contribution is 5.56. The largest absolute Gasteiger partial charge is 0.440 e. The highest BCUT2D eigenvalue weighted by Gasteiger charge is 2.09. The summed E-state index contributed by atoms with van der Waals surface area (Å²) >= 11 is 0. The molecule has 0 amide bonds. The highest BCUT2D eigenvalue weighted by Crippen LogP contribution is 2.23.